The number of carbonyl (C=O) groups excluding carboxylic acids is 1. The van der Waals surface area contributed by atoms with E-state index in [0.29, 0.717) is 13.1 Å². The molecule has 0 saturated carbocycles. The molecule has 0 aliphatic carbocycles. The van der Waals surface area contributed by atoms with E-state index in [4.69, 9.17) is 0 Å². The Labute approximate surface area is 105 Å². The highest BCUT2D eigenvalue weighted by molar-refractivity contribution is 5.73. The lowest BCUT2D eigenvalue weighted by atomic mass is 10.3. The van der Waals surface area contributed by atoms with Crippen LogP contribution in [-0.2, 0) is 13.1 Å². The van der Waals surface area contributed by atoms with E-state index in [1.54, 1.807) is 18.6 Å². The van der Waals surface area contributed by atoms with Crippen molar-refractivity contribution in [2.45, 2.75) is 13.1 Å². The highest BCUT2D eigenvalue weighted by Gasteiger charge is 2.00. The van der Waals surface area contributed by atoms with E-state index < -0.39 is 0 Å². The van der Waals surface area contributed by atoms with Gasteiger partial charge < -0.3 is 10.6 Å². The van der Waals surface area contributed by atoms with E-state index >= 15 is 0 Å². The molecule has 92 valence electrons. The molecule has 0 aromatic carbocycles. The van der Waals surface area contributed by atoms with Gasteiger partial charge in [0.1, 0.15) is 0 Å². The molecule has 5 nitrogen and oxygen atoms in total. The Morgan fingerprint density at radius 2 is 1.94 bits per heavy atom. The van der Waals surface area contributed by atoms with Crippen LogP contribution in [0.15, 0.2) is 48.9 Å². The molecular formula is C13H14N4O. The van der Waals surface area contributed by atoms with E-state index in [1.807, 2.05) is 30.3 Å². The fourth-order valence-corrected chi connectivity index (χ4v) is 1.42. The van der Waals surface area contributed by atoms with Crippen molar-refractivity contribution in [1.29, 1.82) is 0 Å². The second-order valence-electron chi connectivity index (χ2n) is 3.72. The molecule has 0 fully saturated rings. The van der Waals surface area contributed by atoms with Gasteiger partial charge in [-0.3, -0.25) is 9.97 Å². The van der Waals surface area contributed by atoms with Crippen molar-refractivity contribution in [3.63, 3.8) is 0 Å². The van der Waals surface area contributed by atoms with Crippen LogP contribution in [0.3, 0.4) is 0 Å². The van der Waals surface area contributed by atoms with Gasteiger partial charge in [0, 0.05) is 25.1 Å². The summed E-state index contributed by atoms with van der Waals surface area (Å²) in [5, 5.41) is 5.49. The van der Waals surface area contributed by atoms with Gasteiger partial charge in [-0.15, -0.1) is 0 Å². The summed E-state index contributed by atoms with van der Waals surface area (Å²) in [5.74, 6) is 0. The zero-order chi connectivity index (χ0) is 12.6. The second-order valence-corrected chi connectivity index (χ2v) is 3.72. The molecule has 2 amide bonds. The van der Waals surface area contributed by atoms with Gasteiger partial charge in [0.25, 0.3) is 0 Å². The summed E-state index contributed by atoms with van der Waals surface area (Å²) in [6.45, 7) is 0.877. The Balaban J connectivity index is 1.73. The van der Waals surface area contributed by atoms with Crippen LogP contribution in [0.25, 0.3) is 0 Å². The molecule has 2 N–H and O–H groups in total. The van der Waals surface area contributed by atoms with Gasteiger partial charge in [0.15, 0.2) is 0 Å². The molecule has 0 aliphatic rings. The molecule has 0 unspecified atom stereocenters. The minimum Gasteiger partial charge on any atom is -0.334 e. The molecule has 0 bridgehead atoms. The molecule has 0 atom stereocenters. The van der Waals surface area contributed by atoms with Gasteiger partial charge in [-0.1, -0.05) is 12.1 Å². The SMILES string of the molecule is O=C(NCc1cccnc1)NCc1ccccn1. The van der Waals surface area contributed by atoms with Crippen molar-refractivity contribution in [2.24, 2.45) is 0 Å². The van der Waals surface area contributed by atoms with Crippen LogP contribution in [0, 0.1) is 0 Å². The number of aromatic nitrogens is 2. The van der Waals surface area contributed by atoms with E-state index in [1.165, 1.54) is 0 Å². The smallest absolute Gasteiger partial charge is 0.315 e. The predicted octanol–water partition coefficient (Wildman–Crippen LogP) is 1.48. The summed E-state index contributed by atoms with van der Waals surface area (Å²) in [6, 6.07) is 9.12. The van der Waals surface area contributed by atoms with Gasteiger partial charge in [-0.05, 0) is 23.8 Å². The number of hydrogen-bond donors (Lipinski definition) is 2. The summed E-state index contributed by atoms with van der Waals surface area (Å²) in [7, 11) is 0. The van der Waals surface area contributed by atoms with Gasteiger partial charge in [-0.25, -0.2) is 4.79 Å². The monoisotopic (exact) mass is 242 g/mol. The number of rotatable bonds is 4. The molecule has 0 radical (unpaired) electrons. The summed E-state index contributed by atoms with van der Waals surface area (Å²) < 4.78 is 0. The summed E-state index contributed by atoms with van der Waals surface area (Å²) in [4.78, 5) is 19.6. The number of nitrogens with zero attached hydrogens (tertiary/aromatic N) is 2. The highest BCUT2D eigenvalue weighted by atomic mass is 16.2. The van der Waals surface area contributed by atoms with Gasteiger partial charge in [-0.2, -0.15) is 0 Å². The van der Waals surface area contributed by atoms with Gasteiger partial charge in [0.05, 0.1) is 12.2 Å². The molecule has 0 aliphatic heterocycles. The Bertz CT molecular complexity index is 441. The predicted molar refractivity (Wildman–Crippen MR) is 67.5 cm³/mol. The summed E-state index contributed by atoms with van der Waals surface area (Å²) in [5.41, 5.74) is 1.79. The van der Waals surface area contributed by atoms with Crippen LogP contribution in [0.5, 0.6) is 0 Å². The molecule has 2 aromatic rings. The Morgan fingerprint density at radius 1 is 1.06 bits per heavy atom. The Kier molecular flexibility index (Phi) is 4.24. The Hall–Kier alpha value is -2.43. The lowest BCUT2D eigenvalue weighted by molar-refractivity contribution is 0.240. The molecular weight excluding hydrogens is 228 g/mol. The average Bonchev–Trinajstić information content (AvgIpc) is 2.45. The van der Waals surface area contributed by atoms with Gasteiger partial charge >= 0.3 is 6.03 Å². The van der Waals surface area contributed by atoms with Gasteiger partial charge in [0.2, 0.25) is 0 Å². The maximum atomic E-state index is 11.5. The largest absolute Gasteiger partial charge is 0.334 e. The normalized spacial score (nSPS) is 9.78. The number of carbonyl (C=O) groups is 1. The molecule has 2 heterocycles. The van der Waals surface area contributed by atoms with Crippen LogP contribution in [0.2, 0.25) is 0 Å². The maximum absolute atomic E-state index is 11.5. The third-order valence-electron chi connectivity index (χ3n) is 2.33. The molecule has 2 aromatic heterocycles. The van der Waals surface area contributed by atoms with E-state index in [9.17, 15) is 4.79 Å². The number of hydrogen-bond acceptors (Lipinski definition) is 3. The second kappa shape index (κ2) is 6.34. The third-order valence-corrected chi connectivity index (χ3v) is 2.33. The lowest BCUT2D eigenvalue weighted by Gasteiger charge is -2.06. The third kappa shape index (κ3) is 3.86. The minimum atomic E-state index is -0.218. The first-order chi connectivity index (χ1) is 8.84. The summed E-state index contributed by atoms with van der Waals surface area (Å²) >= 11 is 0. The van der Waals surface area contributed by atoms with Crippen molar-refractivity contribution in [1.82, 2.24) is 20.6 Å². The van der Waals surface area contributed by atoms with Crippen LogP contribution >= 0.6 is 0 Å². The van der Waals surface area contributed by atoms with Crippen LogP contribution < -0.4 is 10.6 Å². The number of nitrogens with one attached hydrogen (secondary N) is 2. The zero-order valence-electron chi connectivity index (χ0n) is 9.84. The standard InChI is InChI=1S/C13H14N4O/c18-13(16-9-11-4-3-6-14-8-11)17-10-12-5-1-2-7-15-12/h1-8H,9-10H2,(H2,16,17,18). The minimum absolute atomic E-state index is 0.218. The lowest BCUT2D eigenvalue weighted by Crippen LogP contribution is -2.34. The summed E-state index contributed by atoms with van der Waals surface area (Å²) in [6.07, 6.45) is 5.12. The first-order valence-corrected chi connectivity index (χ1v) is 5.65. The molecule has 5 heteroatoms. The molecule has 18 heavy (non-hydrogen) atoms. The maximum Gasteiger partial charge on any atom is 0.315 e. The number of pyridine rings is 2. The van der Waals surface area contributed by atoms with Crippen molar-refractivity contribution in [2.75, 3.05) is 0 Å². The first-order valence-electron chi connectivity index (χ1n) is 5.65. The first kappa shape index (κ1) is 12.0. The van der Waals surface area contributed by atoms with E-state index in [-0.39, 0.29) is 6.03 Å². The fraction of sp³-hybridized carbons (Fsp3) is 0.154. The fourth-order valence-electron chi connectivity index (χ4n) is 1.42. The van der Waals surface area contributed by atoms with Crippen molar-refractivity contribution < 1.29 is 4.79 Å². The molecule has 0 saturated heterocycles. The quantitative estimate of drug-likeness (QED) is 0.853. The average molecular weight is 242 g/mol. The molecule has 0 spiro atoms. The van der Waals surface area contributed by atoms with Crippen LogP contribution in [-0.4, -0.2) is 16.0 Å². The number of urea groups is 1. The van der Waals surface area contributed by atoms with Crippen molar-refractivity contribution in [3.8, 4) is 0 Å². The highest BCUT2D eigenvalue weighted by Crippen LogP contribution is 1.94. The van der Waals surface area contributed by atoms with E-state index in [0.717, 1.165) is 11.3 Å². The molecule has 2 rings (SSSR count). The van der Waals surface area contributed by atoms with Crippen LogP contribution in [0.4, 0.5) is 4.79 Å². The number of amides is 2. The van der Waals surface area contributed by atoms with Crippen molar-refractivity contribution in [3.05, 3.63) is 60.2 Å². The van der Waals surface area contributed by atoms with E-state index in [2.05, 4.69) is 20.6 Å². The van der Waals surface area contributed by atoms with Crippen molar-refractivity contribution >= 4 is 6.03 Å². The van der Waals surface area contributed by atoms with Crippen LogP contribution in [0.1, 0.15) is 11.3 Å². The zero-order valence-corrected chi connectivity index (χ0v) is 9.84. The Morgan fingerprint density at radius 3 is 2.67 bits per heavy atom. The topological polar surface area (TPSA) is 66.9 Å².